The number of rotatable bonds is 7. The van der Waals surface area contributed by atoms with Gasteiger partial charge in [-0.3, -0.25) is 4.79 Å². The summed E-state index contributed by atoms with van der Waals surface area (Å²) >= 11 is 5.44. The van der Waals surface area contributed by atoms with E-state index in [0.29, 0.717) is 30.3 Å². The van der Waals surface area contributed by atoms with Crippen LogP contribution in [0.2, 0.25) is 0 Å². The number of carbonyl (C=O) groups excluding carboxylic acids is 1. The highest BCUT2D eigenvalue weighted by molar-refractivity contribution is 9.10. The van der Waals surface area contributed by atoms with E-state index in [9.17, 15) is 4.79 Å². The van der Waals surface area contributed by atoms with Crippen molar-refractivity contribution in [1.82, 2.24) is 9.88 Å². The monoisotopic (exact) mass is 500 g/mol. The number of pyridine rings is 1. The number of halogens is 1. The Bertz CT molecular complexity index is 930. The number of amides is 1. The third kappa shape index (κ3) is 5.81. The first kappa shape index (κ1) is 23.6. The minimum absolute atomic E-state index is 0.176. The zero-order chi connectivity index (χ0) is 22.4. The second-order valence-electron chi connectivity index (χ2n) is 7.92. The van der Waals surface area contributed by atoms with Gasteiger partial charge in [0.15, 0.2) is 0 Å². The fourth-order valence-electron chi connectivity index (χ4n) is 4.11. The molecule has 164 valence electrons. The van der Waals surface area contributed by atoms with Crippen molar-refractivity contribution in [2.24, 2.45) is 0 Å². The standard InChI is InChI=1S/C24H29BrN4OS/c1-4-20-16-28(15-17(2)29(20)23-10-9-19(13-26)14-27-23)24(30)11-12-31-18(3)21-7-5-6-8-22(21)25/h5-10,14,17-18,20H,4,11-12,15-16H2,1-3H3. The number of thioether (sulfide) groups is 1. The lowest BCUT2D eigenvalue weighted by atomic mass is 10.0. The van der Waals surface area contributed by atoms with Crippen molar-refractivity contribution in [1.29, 1.82) is 5.26 Å². The highest BCUT2D eigenvalue weighted by Crippen LogP contribution is 2.33. The van der Waals surface area contributed by atoms with Gasteiger partial charge in [-0.1, -0.05) is 41.1 Å². The Morgan fingerprint density at radius 2 is 2.10 bits per heavy atom. The van der Waals surface area contributed by atoms with Crippen LogP contribution in [-0.4, -0.2) is 46.7 Å². The third-order valence-corrected chi connectivity index (χ3v) is 7.69. The number of nitriles is 1. The fourth-order valence-corrected chi connectivity index (χ4v) is 5.92. The summed E-state index contributed by atoms with van der Waals surface area (Å²) in [6, 6.07) is 14.5. The second-order valence-corrected chi connectivity index (χ2v) is 10.2. The predicted molar refractivity (Wildman–Crippen MR) is 131 cm³/mol. The molecular weight excluding hydrogens is 472 g/mol. The van der Waals surface area contributed by atoms with Gasteiger partial charge in [0.2, 0.25) is 5.91 Å². The van der Waals surface area contributed by atoms with Crippen LogP contribution in [0, 0.1) is 11.3 Å². The summed E-state index contributed by atoms with van der Waals surface area (Å²) in [6.07, 6.45) is 3.11. The van der Waals surface area contributed by atoms with Crippen molar-refractivity contribution in [3.05, 3.63) is 58.2 Å². The molecule has 0 saturated carbocycles. The van der Waals surface area contributed by atoms with Crippen molar-refractivity contribution >= 4 is 39.4 Å². The molecular formula is C24H29BrN4OS. The summed E-state index contributed by atoms with van der Waals surface area (Å²) in [5, 5.41) is 9.35. The first-order chi connectivity index (χ1) is 14.9. The third-order valence-electron chi connectivity index (χ3n) is 5.78. The zero-order valence-corrected chi connectivity index (χ0v) is 20.7. The highest BCUT2D eigenvalue weighted by atomic mass is 79.9. The van der Waals surface area contributed by atoms with Crippen molar-refractivity contribution in [2.75, 3.05) is 23.7 Å². The highest BCUT2D eigenvalue weighted by Gasteiger charge is 2.33. The molecule has 1 aromatic carbocycles. The summed E-state index contributed by atoms with van der Waals surface area (Å²) in [7, 11) is 0. The normalized spacial score (nSPS) is 19.7. The first-order valence-corrected chi connectivity index (χ1v) is 12.6. The molecule has 0 aliphatic carbocycles. The van der Waals surface area contributed by atoms with Gasteiger partial charge in [0.1, 0.15) is 11.9 Å². The molecule has 3 unspecified atom stereocenters. The molecule has 1 amide bonds. The van der Waals surface area contributed by atoms with Gasteiger partial charge >= 0.3 is 0 Å². The summed E-state index contributed by atoms with van der Waals surface area (Å²) in [5.41, 5.74) is 1.83. The maximum Gasteiger partial charge on any atom is 0.223 e. The van der Waals surface area contributed by atoms with Crippen LogP contribution in [0.1, 0.15) is 50.0 Å². The lowest BCUT2D eigenvalue weighted by molar-refractivity contribution is -0.132. The Morgan fingerprint density at radius 1 is 1.32 bits per heavy atom. The quantitative estimate of drug-likeness (QED) is 0.508. The van der Waals surface area contributed by atoms with Crippen molar-refractivity contribution in [2.45, 2.75) is 50.9 Å². The maximum absolute atomic E-state index is 12.9. The van der Waals surface area contributed by atoms with E-state index in [0.717, 1.165) is 22.5 Å². The van der Waals surface area contributed by atoms with E-state index in [1.807, 2.05) is 34.9 Å². The molecule has 3 rings (SSSR count). The molecule has 1 saturated heterocycles. The van der Waals surface area contributed by atoms with Gasteiger partial charge in [0, 0.05) is 53.3 Å². The second kappa shape index (κ2) is 11.0. The molecule has 0 radical (unpaired) electrons. The molecule has 0 N–H and O–H groups in total. The molecule has 5 nitrogen and oxygen atoms in total. The SMILES string of the molecule is CCC1CN(C(=O)CCSC(C)c2ccccc2Br)CC(C)N1c1ccc(C#N)cn1. The van der Waals surface area contributed by atoms with E-state index in [1.54, 1.807) is 6.20 Å². The van der Waals surface area contributed by atoms with Gasteiger partial charge in [-0.25, -0.2) is 4.98 Å². The minimum atomic E-state index is 0.176. The van der Waals surface area contributed by atoms with Crippen LogP contribution >= 0.6 is 27.7 Å². The molecule has 0 spiro atoms. The average Bonchev–Trinajstić information content (AvgIpc) is 2.78. The number of hydrogen-bond donors (Lipinski definition) is 0. The summed E-state index contributed by atoms with van der Waals surface area (Å²) in [4.78, 5) is 21.8. The number of hydrogen-bond acceptors (Lipinski definition) is 5. The summed E-state index contributed by atoms with van der Waals surface area (Å²) in [5.74, 6) is 1.91. The minimum Gasteiger partial charge on any atom is -0.347 e. The van der Waals surface area contributed by atoms with E-state index in [2.05, 4.69) is 70.9 Å². The lowest BCUT2D eigenvalue weighted by Gasteiger charge is -2.46. The summed E-state index contributed by atoms with van der Waals surface area (Å²) in [6.45, 7) is 7.89. The average molecular weight is 501 g/mol. The molecule has 0 bridgehead atoms. The molecule has 3 atom stereocenters. The smallest absolute Gasteiger partial charge is 0.223 e. The number of carbonyl (C=O) groups is 1. The van der Waals surface area contributed by atoms with Gasteiger partial charge in [-0.05, 0) is 44.0 Å². The van der Waals surface area contributed by atoms with E-state index in [-0.39, 0.29) is 18.0 Å². The van der Waals surface area contributed by atoms with Crippen LogP contribution in [0.15, 0.2) is 47.1 Å². The number of piperazine rings is 1. The van der Waals surface area contributed by atoms with Gasteiger partial charge in [0.05, 0.1) is 5.56 Å². The lowest BCUT2D eigenvalue weighted by Crippen LogP contribution is -2.59. The first-order valence-electron chi connectivity index (χ1n) is 10.7. The maximum atomic E-state index is 12.9. The largest absolute Gasteiger partial charge is 0.347 e. The Balaban J connectivity index is 1.57. The van der Waals surface area contributed by atoms with Gasteiger partial charge < -0.3 is 9.80 Å². The van der Waals surface area contributed by atoms with Crippen molar-refractivity contribution < 1.29 is 4.79 Å². The number of anilines is 1. The van der Waals surface area contributed by atoms with Crippen LogP contribution in [-0.2, 0) is 4.79 Å². The van der Waals surface area contributed by atoms with E-state index >= 15 is 0 Å². The Hall–Kier alpha value is -2.04. The molecule has 1 aromatic heterocycles. The molecule has 2 aromatic rings. The molecule has 7 heteroatoms. The van der Waals surface area contributed by atoms with Crippen LogP contribution in [0.5, 0.6) is 0 Å². The molecule has 1 fully saturated rings. The van der Waals surface area contributed by atoms with Gasteiger partial charge in [-0.15, -0.1) is 0 Å². The molecule has 31 heavy (non-hydrogen) atoms. The van der Waals surface area contributed by atoms with Crippen LogP contribution in [0.25, 0.3) is 0 Å². The number of nitrogens with zero attached hydrogens (tertiary/aromatic N) is 4. The molecule has 2 heterocycles. The fraction of sp³-hybridized carbons (Fsp3) is 0.458. The van der Waals surface area contributed by atoms with Crippen LogP contribution in [0.3, 0.4) is 0 Å². The van der Waals surface area contributed by atoms with Crippen molar-refractivity contribution in [3.8, 4) is 6.07 Å². The molecule has 1 aliphatic rings. The Labute approximate surface area is 198 Å². The van der Waals surface area contributed by atoms with E-state index in [1.165, 1.54) is 5.56 Å². The summed E-state index contributed by atoms with van der Waals surface area (Å²) < 4.78 is 1.12. The number of aromatic nitrogens is 1. The Kier molecular flexibility index (Phi) is 8.39. The topological polar surface area (TPSA) is 60.2 Å². The molecule has 1 aliphatic heterocycles. The Morgan fingerprint density at radius 3 is 2.74 bits per heavy atom. The van der Waals surface area contributed by atoms with Gasteiger partial charge in [-0.2, -0.15) is 17.0 Å². The van der Waals surface area contributed by atoms with E-state index < -0.39 is 0 Å². The van der Waals surface area contributed by atoms with Gasteiger partial charge in [0.25, 0.3) is 0 Å². The van der Waals surface area contributed by atoms with Crippen LogP contribution < -0.4 is 4.90 Å². The van der Waals surface area contributed by atoms with Crippen molar-refractivity contribution in [3.63, 3.8) is 0 Å². The number of benzene rings is 1. The zero-order valence-electron chi connectivity index (χ0n) is 18.3. The van der Waals surface area contributed by atoms with Crippen LogP contribution in [0.4, 0.5) is 5.82 Å². The predicted octanol–water partition coefficient (Wildman–Crippen LogP) is 5.42. The van der Waals surface area contributed by atoms with E-state index in [4.69, 9.17) is 5.26 Å².